The summed E-state index contributed by atoms with van der Waals surface area (Å²) in [5.74, 6) is -0.605. The van der Waals surface area contributed by atoms with Gasteiger partial charge >= 0.3 is 0 Å². The molecule has 6 nitrogen and oxygen atoms in total. The number of rotatable bonds is 6. The van der Waals surface area contributed by atoms with Crippen LogP contribution in [0.5, 0.6) is 5.75 Å². The highest BCUT2D eigenvalue weighted by molar-refractivity contribution is 6.16. The molecule has 1 aromatic carbocycles. The van der Waals surface area contributed by atoms with Crippen molar-refractivity contribution in [2.45, 2.75) is 19.8 Å². The van der Waals surface area contributed by atoms with Gasteiger partial charge in [-0.1, -0.05) is 25.5 Å². The number of hydrogen-bond donors (Lipinski definition) is 2. The lowest BCUT2D eigenvalue weighted by Gasteiger charge is -2.08. The molecule has 0 saturated heterocycles. The van der Waals surface area contributed by atoms with Gasteiger partial charge in [-0.3, -0.25) is 14.7 Å². The third-order valence-electron chi connectivity index (χ3n) is 3.15. The standard InChI is InChI=1S/C15H17N3O3/c1-3-6-10-12(13(15(16)20)18-17-10)14(19)9-7-4-5-8-11(9)21-2/h4-5,7-8H,3,6H2,1-2H3,(H2,16,20)(H,17,18). The summed E-state index contributed by atoms with van der Waals surface area (Å²) in [5.41, 5.74) is 6.49. The molecular weight excluding hydrogens is 270 g/mol. The maximum absolute atomic E-state index is 12.8. The summed E-state index contributed by atoms with van der Waals surface area (Å²) < 4.78 is 5.20. The largest absolute Gasteiger partial charge is 0.496 e. The smallest absolute Gasteiger partial charge is 0.269 e. The van der Waals surface area contributed by atoms with Crippen LogP contribution < -0.4 is 10.5 Å². The molecule has 0 aliphatic heterocycles. The molecule has 0 aliphatic rings. The number of aromatic amines is 1. The second kappa shape index (κ2) is 6.21. The molecule has 0 atom stereocenters. The fraction of sp³-hybridized carbons (Fsp3) is 0.267. The van der Waals surface area contributed by atoms with Gasteiger partial charge in [0.2, 0.25) is 5.78 Å². The molecule has 1 amide bonds. The van der Waals surface area contributed by atoms with Gasteiger partial charge in [-0.15, -0.1) is 0 Å². The number of nitrogens with one attached hydrogen (secondary N) is 1. The fourth-order valence-corrected chi connectivity index (χ4v) is 2.20. The van der Waals surface area contributed by atoms with Gasteiger partial charge in [-0.05, 0) is 18.6 Å². The normalized spacial score (nSPS) is 10.4. The number of hydrogen-bond acceptors (Lipinski definition) is 4. The van der Waals surface area contributed by atoms with Crippen molar-refractivity contribution in [1.29, 1.82) is 0 Å². The molecule has 0 fully saturated rings. The molecule has 110 valence electrons. The van der Waals surface area contributed by atoms with E-state index in [0.717, 1.165) is 6.42 Å². The highest BCUT2D eigenvalue weighted by Crippen LogP contribution is 2.24. The average molecular weight is 287 g/mol. The molecule has 2 rings (SSSR count). The van der Waals surface area contributed by atoms with Crippen molar-refractivity contribution >= 4 is 11.7 Å². The van der Waals surface area contributed by atoms with E-state index in [1.54, 1.807) is 24.3 Å². The molecule has 1 heterocycles. The van der Waals surface area contributed by atoms with E-state index in [-0.39, 0.29) is 17.0 Å². The number of nitrogens with zero attached hydrogens (tertiary/aromatic N) is 1. The van der Waals surface area contributed by atoms with E-state index in [0.29, 0.717) is 23.4 Å². The fourth-order valence-electron chi connectivity index (χ4n) is 2.20. The van der Waals surface area contributed by atoms with Gasteiger partial charge in [0, 0.05) is 5.69 Å². The Morgan fingerprint density at radius 2 is 2.05 bits per heavy atom. The van der Waals surface area contributed by atoms with E-state index >= 15 is 0 Å². The summed E-state index contributed by atoms with van der Waals surface area (Å²) in [5, 5.41) is 6.61. The van der Waals surface area contributed by atoms with Crippen LogP contribution in [-0.4, -0.2) is 29.0 Å². The van der Waals surface area contributed by atoms with Gasteiger partial charge in [0.1, 0.15) is 5.75 Å². The summed E-state index contributed by atoms with van der Waals surface area (Å²) in [7, 11) is 1.49. The first-order valence-corrected chi connectivity index (χ1v) is 6.64. The van der Waals surface area contributed by atoms with Gasteiger partial charge < -0.3 is 10.5 Å². The maximum atomic E-state index is 12.8. The lowest BCUT2D eigenvalue weighted by Crippen LogP contribution is -2.17. The minimum Gasteiger partial charge on any atom is -0.496 e. The van der Waals surface area contributed by atoms with Crippen LogP contribution in [0.2, 0.25) is 0 Å². The van der Waals surface area contributed by atoms with Crippen LogP contribution in [0.3, 0.4) is 0 Å². The number of nitrogens with two attached hydrogens (primary N) is 1. The number of para-hydroxylation sites is 1. The SMILES string of the molecule is CCCc1[nH]nc(C(N)=O)c1C(=O)c1ccccc1OC. The third-order valence-corrected chi connectivity index (χ3v) is 3.15. The molecule has 0 aliphatic carbocycles. The van der Waals surface area contributed by atoms with E-state index in [9.17, 15) is 9.59 Å². The minimum atomic E-state index is -0.730. The van der Waals surface area contributed by atoms with Crippen molar-refractivity contribution in [3.63, 3.8) is 0 Å². The molecule has 0 radical (unpaired) electrons. The van der Waals surface area contributed by atoms with Gasteiger partial charge in [-0.2, -0.15) is 5.10 Å². The van der Waals surface area contributed by atoms with Crippen LogP contribution in [0, 0.1) is 0 Å². The molecule has 0 bridgehead atoms. The monoisotopic (exact) mass is 287 g/mol. The van der Waals surface area contributed by atoms with Crippen LogP contribution in [0.4, 0.5) is 0 Å². The first-order valence-electron chi connectivity index (χ1n) is 6.64. The number of methoxy groups -OCH3 is 1. The molecule has 2 aromatic rings. The number of aromatic nitrogens is 2. The summed E-state index contributed by atoms with van der Waals surface area (Å²) in [4.78, 5) is 24.2. The van der Waals surface area contributed by atoms with Gasteiger partial charge in [0.25, 0.3) is 5.91 Å². The Balaban J connectivity index is 2.56. The summed E-state index contributed by atoms with van der Waals surface area (Å²) in [6.07, 6.45) is 1.42. The number of carbonyl (C=O) groups excluding carboxylic acids is 2. The lowest BCUT2D eigenvalue weighted by atomic mass is 9.98. The number of primary amides is 1. The Morgan fingerprint density at radius 1 is 1.33 bits per heavy atom. The topological polar surface area (TPSA) is 98.1 Å². The number of amides is 1. The van der Waals surface area contributed by atoms with E-state index in [1.165, 1.54) is 7.11 Å². The zero-order valence-electron chi connectivity index (χ0n) is 12.0. The zero-order chi connectivity index (χ0) is 15.4. The first kappa shape index (κ1) is 14.8. The number of H-pyrrole nitrogens is 1. The van der Waals surface area contributed by atoms with E-state index in [1.807, 2.05) is 6.92 Å². The first-order chi connectivity index (χ1) is 10.1. The Kier molecular flexibility index (Phi) is 4.37. The van der Waals surface area contributed by atoms with Crippen molar-refractivity contribution in [3.05, 3.63) is 46.8 Å². The quantitative estimate of drug-likeness (QED) is 0.790. The second-order valence-corrected chi connectivity index (χ2v) is 4.57. The molecule has 1 aromatic heterocycles. The predicted octanol–water partition coefficient (Wildman–Crippen LogP) is 1.70. The number of carbonyl (C=O) groups is 2. The van der Waals surface area contributed by atoms with E-state index < -0.39 is 5.91 Å². The molecule has 0 spiro atoms. The Bertz CT molecular complexity index is 677. The van der Waals surface area contributed by atoms with Gasteiger partial charge in [0.05, 0.1) is 18.2 Å². The van der Waals surface area contributed by atoms with Crippen LogP contribution >= 0.6 is 0 Å². The Hall–Kier alpha value is -2.63. The van der Waals surface area contributed by atoms with Crippen molar-refractivity contribution in [1.82, 2.24) is 10.2 Å². The minimum absolute atomic E-state index is 0.0330. The number of benzene rings is 1. The second-order valence-electron chi connectivity index (χ2n) is 4.57. The van der Waals surface area contributed by atoms with Gasteiger partial charge in [0.15, 0.2) is 5.69 Å². The number of aryl methyl sites for hydroxylation is 1. The third kappa shape index (κ3) is 2.79. The highest BCUT2D eigenvalue weighted by Gasteiger charge is 2.25. The summed E-state index contributed by atoms with van der Waals surface area (Å²) in [6.45, 7) is 1.97. The lowest BCUT2D eigenvalue weighted by molar-refractivity contribution is 0.0976. The number of ether oxygens (including phenoxy) is 1. The molecule has 21 heavy (non-hydrogen) atoms. The van der Waals surface area contributed by atoms with Crippen LogP contribution in [0.1, 0.15) is 45.4 Å². The zero-order valence-corrected chi connectivity index (χ0v) is 12.0. The molecule has 3 N–H and O–H groups in total. The predicted molar refractivity (Wildman–Crippen MR) is 77.5 cm³/mol. The van der Waals surface area contributed by atoms with Crippen molar-refractivity contribution in [3.8, 4) is 5.75 Å². The molecule has 0 saturated carbocycles. The van der Waals surface area contributed by atoms with Crippen LogP contribution in [0.15, 0.2) is 24.3 Å². The van der Waals surface area contributed by atoms with Gasteiger partial charge in [-0.25, -0.2) is 0 Å². The summed E-state index contributed by atoms with van der Waals surface area (Å²) in [6, 6.07) is 6.84. The van der Waals surface area contributed by atoms with Crippen LogP contribution in [0.25, 0.3) is 0 Å². The van der Waals surface area contributed by atoms with Crippen molar-refractivity contribution < 1.29 is 14.3 Å². The molecule has 0 unspecified atom stereocenters. The summed E-state index contributed by atoms with van der Waals surface area (Å²) >= 11 is 0. The van der Waals surface area contributed by atoms with E-state index in [2.05, 4.69) is 10.2 Å². The molecule has 6 heteroatoms. The van der Waals surface area contributed by atoms with Crippen molar-refractivity contribution in [2.75, 3.05) is 7.11 Å². The maximum Gasteiger partial charge on any atom is 0.269 e. The molecular formula is C15H17N3O3. The number of ketones is 1. The Morgan fingerprint density at radius 3 is 2.67 bits per heavy atom. The van der Waals surface area contributed by atoms with Crippen molar-refractivity contribution in [2.24, 2.45) is 5.73 Å². The van der Waals surface area contributed by atoms with Crippen LogP contribution in [-0.2, 0) is 6.42 Å². The average Bonchev–Trinajstić information content (AvgIpc) is 2.91. The highest BCUT2D eigenvalue weighted by atomic mass is 16.5. The van der Waals surface area contributed by atoms with E-state index in [4.69, 9.17) is 10.5 Å². The Labute approximate surface area is 122 Å².